The SMILES string of the molecule is CCCCCCCC=C(N)C(=O)O. The van der Waals surface area contributed by atoms with Crippen LogP contribution in [0.3, 0.4) is 0 Å². The van der Waals surface area contributed by atoms with Crippen LogP contribution in [0, 0.1) is 0 Å². The van der Waals surface area contributed by atoms with Gasteiger partial charge in [0.25, 0.3) is 0 Å². The number of carboxylic acids is 1. The van der Waals surface area contributed by atoms with Gasteiger partial charge in [0.2, 0.25) is 0 Å². The van der Waals surface area contributed by atoms with Crippen molar-refractivity contribution < 1.29 is 9.90 Å². The molecular formula is C10H19NO2. The number of aliphatic carboxylic acids is 1. The lowest BCUT2D eigenvalue weighted by Crippen LogP contribution is -2.09. The molecule has 0 aromatic carbocycles. The first-order chi connectivity index (χ1) is 6.18. The minimum atomic E-state index is -1.02. The van der Waals surface area contributed by atoms with Crippen molar-refractivity contribution in [1.82, 2.24) is 0 Å². The van der Waals surface area contributed by atoms with E-state index < -0.39 is 5.97 Å². The standard InChI is InChI=1S/C10H19NO2/c1-2-3-4-5-6-7-8-9(11)10(12)13/h8H,2-7,11H2,1H3,(H,12,13). The maximum atomic E-state index is 10.3. The molecule has 0 amide bonds. The zero-order chi connectivity index (χ0) is 10.1. The second kappa shape index (κ2) is 7.65. The van der Waals surface area contributed by atoms with Crippen molar-refractivity contribution in [1.29, 1.82) is 0 Å². The predicted molar refractivity (Wildman–Crippen MR) is 53.3 cm³/mol. The Morgan fingerprint density at radius 2 is 1.92 bits per heavy atom. The third kappa shape index (κ3) is 7.37. The van der Waals surface area contributed by atoms with Gasteiger partial charge in [-0.1, -0.05) is 38.7 Å². The lowest BCUT2D eigenvalue weighted by Gasteiger charge is -1.97. The Kier molecular flexibility index (Phi) is 7.07. The summed E-state index contributed by atoms with van der Waals surface area (Å²) in [5, 5.41) is 8.43. The van der Waals surface area contributed by atoms with Crippen LogP contribution < -0.4 is 5.73 Å². The van der Waals surface area contributed by atoms with Gasteiger partial charge in [-0.05, 0) is 12.8 Å². The topological polar surface area (TPSA) is 63.3 Å². The molecule has 3 nitrogen and oxygen atoms in total. The molecular weight excluding hydrogens is 166 g/mol. The van der Waals surface area contributed by atoms with Crippen LogP contribution in [0.2, 0.25) is 0 Å². The largest absolute Gasteiger partial charge is 0.477 e. The molecule has 0 rings (SSSR count). The van der Waals surface area contributed by atoms with Crippen LogP contribution in [-0.4, -0.2) is 11.1 Å². The minimum absolute atomic E-state index is 0.0320. The number of nitrogens with two attached hydrogens (primary N) is 1. The molecule has 0 bridgehead atoms. The normalized spacial score (nSPS) is 11.6. The monoisotopic (exact) mass is 185 g/mol. The van der Waals surface area contributed by atoms with Crippen LogP contribution in [0.1, 0.15) is 45.4 Å². The lowest BCUT2D eigenvalue weighted by molar-refractivity contribution is -0.132. The van der Waals surface area contributed by atoms with E-state index in [1.807, 2.05) is 0 Å². The molecule has 13 heavy (non-hydrogen) atoms. The molecule has 0 fully saturated rings. The molecule has 0 aromatic rings. The zero-order valence-corrected chi connectivity index (χ0v) is 8.25. The van der Waals surface area contributed by atoms with Crippen molar-refractivity contribution in [3.63, 3.8) is 0 Å². The summed E-state index contributed by atoms with van der Waals surface area (Å²) in [6.07, 6.45) is 8.30. The fourth-order valence-corrected chi connectivity index (χ4v) is 1.09. The number of rotatable bonds is 7. The van der Waals surface area contributed by atoms with Crippen molar-refractivity contribution in [3.8, 4) is 0 Å². The lowest BCUT2D eigenvalue weighted by atomic mass is 10.1. The molecule has 0 heterocycles. The second-order valence-corrected chi connectivity index (χ2v) is 3.17. The maximum Gasteiger partial charge on any atom is 0.351 e. The molecule has 0 aliphatic carbocycles. The second-order valence-electron chi connectivity index (χ2n) is 3.17. The first kappa shape index (κ1) is 12.0. The van der Waals surface area contributed by atoms with E-state index in [9.17, 15) is 4.79 Å². The Hall–Kier alpha value is -0.990. The number of hydrogen-bond donors (Lipinski definition) is 2. The molecule has 0 aliphatic rings. The number of unbranched alkanes of at least 4 members (excludes halogenated alkanes) is 5. The third-order valence-corrected chi connectivity index (χ3v) is 1.92. The molecule has 0 atom stereocenters. The van der Waals surface area contributed by atoms with Crippen LogP contribution in [0.25, 0.3) is 0 Å². The van der Waals surface area contributed by atoms with E-state index in [1.54, 1.807) is 6.08 Å². The quantitative estimate of drug-likeness (QED) is 0.472. The van der Waals surface area contributed by atoms with Gasteiger partial charge in [-0.2, -0.15) is 0 Å². The van der Waals surface area contributed by atoms with Gasteiger partial charge < -0.3 is 10.8 Å². The molecule has 3 N–H and O–H groups in total. The number of allylic oxidation sites excluding steroid dienone is 1. The van der Waals surface area contributed by atoms with Crippen molar-refractivity contribution in [3.05, 3.63) is 11.8 Å². The highest BCUT2D eigenvalue weighted by Crippen LogP contribution is 2.05. The predicted octanol–water partition coefficient (Wildman–Crippen LogP) is 2.27. The number of hydrogen-bond acceptors (Lipinski definition) is 2. The zero-order valence-electron chi connectivity index (χ0n) is 8.25. The first-order valence-corrected chi connectivity index (χ1v) is 4.87. The van der Waals surface area contributed by atoms with Gasteiger partial charge in [0.05, 0.1) is 0 Å². The van der Waals surface area contributed by atoms with Gasteiger partial charge in [0, 0.05) is 0 Å². The summed E-state index contributed by atoms with van der Waals surface area (Å²) in [6.45, 7) is 2.17. The van der Waals surface area contributed by atoms with E-state index >= 15 is 0 Å². The van der Waals surface area contributed by atoms with Crippen LogP contribution >= 0.6 is 0 Å². The number of carbonyl (C=O) groups is 1. The van der Waals surface area contributed by atoms with E-state index in [1.165, 1.54) is 19.3 Å². The van der Waals surface area contributed by atoms with E-state index in [2.05, 4.69) is 6.92 Å². The smallest absolute Gasteiger partial charge is 0.351 e. The Labute approximate surface area is 79.6 Å². The Bertz CT molecular complexity index is 176. The van der Waals surface area contributed by atoms with E-state index in [-0.39, 0.29) is 5.70 Å². The van der Waals surface area contributed by atoms with Crippen molar-refractivity contribution in [2.24, 2.45) is 5.73 Å². The Balaban J connectivity index is 3.34. The van der Waals surface area contributed by atoms with Gasteiger partial charge in [-0.25, -0.2) is 4.79 Å². The van der Waals surface area contributed by atoms with Gasteiger partial charge >= 0.3 is 5.97 Å². The summed E-state index contributed by atoms with van der Waals surface area (Å²) in [5.41, 5.74) is 5.19. The molecule has 76 valence electrons. The number of carboxylic acid groups (broad SMARTS) is 1. The van der Waals surface area contributed by atoms with Crippen molar-refractivity contribution in [2.45, 2.75) is 45.4 Å². The van der Waals surface area contributed by atoms with E-state index in [0.717, 1.165) is 19.3 Å². The average Bonchev–Trinajstić information content (AvgIpc) is 2.10. The molecule has 3 heteroatoms. The molecule has 0 spiro atoms. The fraction of sp³-hybridized carbons (Fsp3) is 0.700. The average molecular weight is 185 g/mol. The Morgan fingerprint density at radius 1 is 1.31 bits per heavy atom. The Morgan fingerprint density at radius 3 is 2.46 bits per heavy atom. The first-order valence-electron chi connectivity index (χ1n) is 4.87. The maximum absolute atomic E-state index is 10.3. The highest BCUT2D eigenvalue weighted by atomic mass is 16.4. The van der Waals surface area contributed by atoms with Gasteiger partial charge in [0.15, 0.2) is 0 Å². The molecule has 0 aliphatic heterocycles. The van der Waals surface area contributed by atoms with Crippen molar-refractivity contribution in [2.75, 3.05) is 0 Å². The molecule has 0 radical (unpaired) electrons. The molecule has 0 saturated carbocycles. The summed E-state index contributed by atoms with van der Waals surface area (Å²) in [7, 11) is 0. The van der Waals surface area contributed by atoms with Gasteiger partial charge in [0.1, 0.15) is 5.70 Å². The summed E-state index contributed by atoms with van der Waals surface area (Å²) in [6, 6.07) is 0. The van der Waals surface area contributed by atoms with Crippen LogP contribution in [0.4, 0.5) is 0 Å². The fourth-order valence-electron chi connectivity index (χ4n) is 1.09. The third-order valence-electron chi connectivity index (χ3n) is 1.92. The van der Waals surface area contributed by atoms with Crippen LogP contribution in [-0.2, 0) is 4.79 Å². The van der Waals surface area contributed by atoms with Gasteiger partial charge in [-0.3, -0.25) is 0 Å². The van der Waals surface area contributed by atoms with Gasteiger partial charge in [-0.15, -0.1) is 0 Å². The minimum Gasteiger partial charge on any atom is -0.477 e. The highest BCUT2D eigenvalue weighted by molar-refractivity contribution is 5.85. The van der Waals surface area contributed by atoms with Crippen LogP contribution in [0.5, 0.6) is 0 Å². The summed E-state index contributed by atoms with van der Waals surface area (Å²) >= 11 is 0. The molecule has 0 unspecified atom stereocenters. The van der Waals surface area contributed by atoms with E-state index in [4.69, 9.17) is 10.8 Å². The van der Waals surface area contributed by atoms with Crippen LogP contribution in [0.15, 0.2) is 11.8 Å². The highest BCUT2D eigenvalue weighted by Gasteiger charge is 1.98. The summed E-state index contributed by atoms with van der Waals surface area (Å²) in [5.74, 6) is -1.02. The molecule has 0 saturated heterocycles. The molecule has 0 aromatic heterocycles. The van der Waals surface area contributed by atoms with E-state index in [0.29, 0.717) is 0 Å². The summed E-state index contributed by atoms with van der Waals surface area (Å²) < 4.78 is 0. The summed E-state index contributed by atoms with van der Waals surface area (Å²) in [4.78, 5) is 10.3. The van der Waals surface area contributed by atoms with Crippen molar-refractivity contribution >= 4 is 5.97 Å².